The lowest BCUT2D eigenvalue weighted by Gasteiger charge is -2.20. The van der Waals surface area contributed by atoms with Crippen LogP contribution < -0.4 is 16.4 Å². The first-order valence-corrected chi connectivity index (χ1v) is 7.37. The van der Waals surface area contributed by atoms with Crippen LogP contribution in [0.4, 0.5) is 0 Å². The third-order valence-electron chi connectivity index (χ3n) is 3.48. The lowest BCUT2D eigenvalue weighted by atomic mass is 9.87. The SMILES string of the molecule is CC(N)CC(=O)NCCNC(=O)CC1CCCCC1. The third kappa shape index (κ3) is 7.82. The van der Waals surface area contributed by atoms with E-state index in [2.05, 4.69) is 10.6 Å². The van der Waals surface area contributed by atoms with Crippen molar-refractivity contribution in [2.45, 2.75) is 57.9 Å². The summed E-state index contributed by atoms with van der Waals surface area (Å²) in [4.78, 5) is 23.0. The molecular formula is C14H27N3O2. The van der Waals surface area contributed by atoms with Gasteiger partial charge in [-0.3, -0.25) is 9.59 Å². The van der Waals surface area contributed by atoms with Crippen molar-refractivity contribution >= 4 is 11.8 Å². The molecule has 0 heterocycles. The molecule has 0 aromatic rings. The van der Waals surface area contributed by atoms with E-state index in [0.29, 0.717) is 31.8 Å². The molecule has 0 spiro atoms. The number of carbonyl (C=O) groups excluding carboxylic acids is 2. The summed E-state index contributed by atoms with van der Waals surface area (Å²) in [6.07, 6.45) is 7.14. The Balaban J connectivity index is 2.02. The van der Waals surface area contributed by atoms with Gasteiger partial charge in [0.2, 0.25) is 11.8 Å². The Bertz CT molecular complexity index is 286. The van der Waals surface area contributed by atoms with Crippen molar-refractivity contribution in [1.29, 1.82) is 0 Å². The summed E-state index contributed by atoms with van der Waals surface area (Å²) >= 11 is 0. The second-order valence-corrected chi connectivity index (χ2v) is 5.59. The van der Waals surface area contributed by atoms with E-state index in [9.17, 15) is 9.59 Å². The highest BCUT2D eigenvalue weighted by Gasteiger charge is 2.16. The highest BCUT2D eigenvalue weighted by molar-refractivity contribution is 5.77. The number of hydrogen-bond donors (Lipinski definition) is 3. The normalized spacial score (nSPS) is 17.8. The van der Waals surface area contributed by atoms with Crippen molar-refractivity contribution in [2.75, 3.05) is 13.1 Å². The maximum absolute atomic E-state index is 11.7. The molecule has 1 fully saturated rings. The second-order valence-electron chi connectivity index (χ2n) is 5.59. The highest BCUT2D eigenvalue weighted by atomic mass is 16.2. The summed E-state index contributed by atoms with van der Waals surface area (Å²) in [7, 11) is 0. The van der Waals surface area contributed by atoms with Crippen LogP contribution in [0.2, 0.25) is 0 Å². The minimum Gasteiger partial charge on any atom is -0.354 e. The molecule has 0 aromatic heterocycles. The molecule has 5 heteroatoms. The summed E-state index contributed by atoms with van der Waals surface area (Å²) in [6.45, 7) is 2.77. The first kappa shape index (κ1) is 16.0. The van der Waals surface area contributed by atoms with Gasteiger partial charge >= 0.3 is 0 Å². The van der Waals surface area contributed by atoms with E-state index in [1.807, 2.05) is 0 Å². The van der Waals surface area contributed by atoms with Gasteiger partial charge < -0.3 is 16.4 Å². The minimum atomic E-state index is -0.124. The quantitative estimate of drug-likeness (QED) is 0.601. The summed E-state index contributed by atoms with van der Waals surface area (Å²) < 4.78 is 0. The standard InChI is InChI=1S/C14H27N3O2/c1-11(15)9-13(18)16-7-8-17-14(19)10-12-5-3-2-4-6-12/h11-12H,2-10,15H2,1H3,(H,16,18)(H,17,19). The molecule has 0 radical (unpaired) electrons. The van der Waals surface area contributed by atoms with Gasteiger partial charge in [0.15, 0.2) is 0 Å². The summed E-state index contributed by atoms with van der Waals surface area (Å²) in [6, 6.07) is -0.124. The number of nitrogens with two attached hydrogens (primary N) is 1. The smallest absolute Gasteiger partial charge is 0.221 e. The van der Waals surface area contributed by atoms with Gasteiger partial charge in [0.25, 0.3) is 0 Å². The molecule has 1 aliphatic rings. The molecule has 19 heavy (non-hydrogen) atoms. The monoisotopic (exact) mass is 269 g/mol. The summed E-state index contributed by atoms with van der Waals surface area (Å²) in [5.74, 6) is 0.603. The Morgan fingerprint density at radius 2 is 1.68 bits per heavy atom. The van der Waals surface area contributed by atoms with Crippen LogP contribution in [0, 0.1) is 5.92 Å². The molecule has 4 N–H and O–H groups in total. The molecule has 1 rings (SSSR count). The van der Waals surface area contributed by atoms with E-state index in [0.717, 1.165) is 0 Å². The molecule has 0 aliphatic heterocycles. The number of rotatable bonds is 7. The van der Waals surface area contributed by atoms with E-state index in [1.165, 1.54) is 32.1 Å². The minimum absolute atomic E-state index is 0.0588. The van der Waals surface area contributed by atoms with Crippen LogP contribution in [0.3, 0.4) is 0 Å². The molecule has 0 saturated heterocycles. The largest absolute Gasteiger partial charge is 0.354 e. The molecular weight excluding hydrogens is 242 g/mol. The fraction of sp³-hybridized carbons (Fsp3) is 0.857. The number of carbonyl (C=O) groups is 2. The van der Waals surface area contributed by atoms with Gasteiger partial charge in [-0.2, -0.15) is 0 Å². The van der Waals surface area contributed by atoms with Gasteiger partial charge in [-0.1, -0.05) is 19.3 Å². The van der Waals surface area contributed by atoms with Gasteiger partial charge in [0.05, 0.1) is 0 Å². The van der Waals surface area contributed by atoms with E-state index in [1.54, 1.807) is 6.92 Å². The van der Waals surface area contributed by atoms with Crippen molar-refractivity contribution in [1.82, 2.24) is 10.6 Å². The van der Waals surface area contributed by atoms with Crippen LogP contribution >= 0.6 is 0 Å². The first-order chi connectivity index (χ1) is 9.08. The van der Waals surface area contributed by atoms with Crippen molar-refractivity contribution < 1.29 is 9.59 Å². The van der Waals surface area contributed by atoms with Gasteiger partial charge in [0.1, 0.15) is 0 Å². The second kappa shape index (κ2) is 8.91. The Labute approximate surface area is 115 Å². The Hall–Kier alpha value is -1.10. The maximum atomic E-state index is 11.7. The third-order valence-corrected chi connectivity index (χ3v) is 3.48. The molecule has 110 valence electrons. The zero-order valence-corrected chi connectivity index (χ0v) is 11.9. The lowest BCUT2D eigenvalue weighted by molar-refractivity contribution is -0.123. The Kier molecular flexibility index (Phi) is 7.48. The maximum Gasteiger partial charge on any atom is 0.221 e. The molecule has 1 unspecified atom stereocenters. The molecule has 1 aliphatic carbocycles. The highest BCUT2D eigenvalue weighted by Crippen LogP contribution is 2.25. The zero-order chi connectivity index (χ0) is 14.1. The molecule has 5 nitrogen and oxygen atoms in total. The Morgan fingerprint density at radius 1 is 1.11 bits per heavy atom. The van der Waals surface area contributed by atoms with E-state index < -0.39 is 0 Å². The first-order valence-electron chi connectivity index (χ1n) is 7.37. The molecule has 1 saturated carbocycles. The zero-order valence-electron chi connectivity index (χ0n) is 11.9. The Morgan fingerprint density at radius 3 is 2.26 bits per heavy atom. The van der Waals surface area contributed by atoms with E-state index in [4.69, 9.17) is 5.73 Å². The van der Waals surface area contributed by atoms with Gasteiger partial charge in [-0.05, 0) is 25.7 Å². The average molecular weight is 269 g/mol. The van der Waals surface area contributed by atoms with Crippen molar-refractivity contribution in [2.24, 2.45) is 11.7 Å². The lowest BCUT2D eigenvalue weighted by Crippen LogP contribution is -2.37. The number of nitrogens with one attached hydrogen (secondary N) is 2. The van der Waals surface area contributed by atoms with Gasteiger partial charge in [-0.25, -0.2) is 0 Å². The number of hydrogen-bond acceptors (Lipinski definition) is 3. The predicted molar refractivity (Wildman–Crippen MR) is 75.5 cm³/mol. The molecule has 0 aromatic carbocycles. The van der Waals surface area contributed by atoms with Crippen molar-refractivity contribution in [3.63, 3.8) is 0 Å². The fourth-order valence-electron chi connectivity index (χ4n) is 2.49. The summed E-state index contributed by atoms with van der Waals surface area (Å²) in [5.41, 5.74) is 5.52. The topological polar surface area (TPSA) is 84.2 Å². The predicted octanol–water partition coefficient (Wildman–Crippen LogP) is 0.926. The van der Waals surface area contributed by atoms with Gasteiger partial charge in [-0.15, -0.1) is 0 Å². The summed E-state index contributed by atoms with van der Waals surface area (Å²) in [5, 5.41) is 5.59. The van der Waals surface area contributed by atoms with Crippen molar-refractivity contribution in [3.05, 3.63) is 0 Å². The average Bonchev–Trinajstić information content (AvgIpc) is 2.35. The number of amides is 2. The molecule has 2 amide bonds. The van der Waals surface area contributed by atoms with Crippen molar-refractivity contribution in [3.8, 4) is 0 Å². The molecule has 0 bridgehead atoms. The van der Waals surface area contributed by atoms with Crippen LogP contribution in [0.15, 0.2) is 0 Å². The van der Waals surface area contributed by atoms with Crippen LogP contribution in [0.5, 0.6) is 0 Å². The molecule has 1 atom stereocenters. The van der Waals surface area contributed by atoms with Crippen LogP contribution in [0.25, 0.3) is 0 Å². The van der Waals surface area contributed by atoms with E-state index in [-0.39, 0.29) is 17.9 Å². The van der Waals surface area contributed by atoms with Gasteiger partial charge in [0, 0.05) is 32.0 Å². The van der Waals surface area contributed by atoms with Crippen LogP contribution in [-0.2, 0) is 9.59 Å². The van der Waals surface area contributed by atoms with Crippen LogP contribution in [-0.4, -0.2) is 30.9 Å². The van der Waals surface area contributed by atoms with E-state index >= 15 is 0 Å². The fourth-order valence-corrected chi connectivity index (χ4v) is 2.49. The van der Waals surface area contributed by atoms with Crippen LogP contribution in [0.1, 0.15) is 51.9 Å².